The van der Waals surface area contributed by atoms with Crippen molar-refractivity contribution in [2.45, 2.75) is 104 Å². The van der Waals surface area contributed by atoms with Crippen LogP contribution in [-0.2, 0) is 20.7 Å². The SMILES string of the molecule is CCCCNC(=O)C(c1cc(C)cc(C)c1)N(C(=O)C(Cc1ccccc1)NC(=O)OC(C)(C)C)C1CCC1. The third-order valence-corrected chi connectivity index (χ3v) is 6.91. The second-order valence-electron chi connectivity index (χ2n) is 11.7. The minimum absolute atomic E-state index is 0.0843. The molecule has 1 aliphatic carbocycles. The van der Waals surface area contributed by atoms with E-state index in [0.717, 1.165) is 54.4 Å². The lowest BCUT2D eigenvalue weighted by molar-refractivity contribution is -0.147. The molecule has 1 aliphatic rings. The Bertz CT molecular complexity index is 1100. The maximum absolute atomic E-state index is 14.5. The van der Waals surface area contributed by atoms with Crippen molar-refractivity contribution in [1.29, 1.82) is 0 Å². The number of ether oxygens (including phenoxy) is 1. The molecule has 7 heteroatoms. The van der Waals surface area contributed by atoms with Gasteiger partial charge in [-0.25, -0.2) is 4.79 Å². The van der Waals surface area contributed by atoms with E-state index in [0.29, 0.717) is 13.0 Å². The van der Waals surface area contributed by atoms with Crippen molar-refractivity contribution in [3.05, 3.63) is 70.8 Å². The molecule has 2 atom stereocenters. The Morgan fingerprint density at radius 1 is 1.03 bits per heavy atom. The number of carbonyl (C=O) groups is 3. The van der Waals surface area contributed by atoms with Gasteiger partial charge in [0.2, 0.25) is 11.8 Å². The molecule has 0 saturated heterocycles. The van der Waals surface area contributed by atoms with Crippen LogP contribution in [0.2, 0.25) is 0 Å². The first-order valence-corrected chi connectivity index (χ1v) is 14.2. The number of carbonyl (C=O) groups excluding carboxylic acids is 3. The highest BCUT2D eigenvalue weighted by Crippen LogP contribution is 2.34. The average molecular weight is 536 g/mol. The standard InChI is InChI=1S/C32H45N3O4/c1-7-8-17-33-29(36)28(25-19-22(2)18-23(3)20-25)35(26-15-12-16-26)30(37)27(21-24-13-10-9-11-14-24)34-31(38)39-32(4,5)6/h9-11,13-14,18-20,26-28H,7-8,12,15-17,21H2,1-6H3,(H,33,36)(H,34,38). The first-order valence-electron chi connectivity index (χ1n) is 14.2. The summed E-state index contributed by atoms with van der Waals surface area (Å²) < 4.78 is 5.53. The van der Waals surface area contributed by atoms with Crippen LogP contribution in [0.15, 0.2) is 48.5 Å². The molecule has 39 heavy (non-hydrogen) atoms. The molecule has 1 saturated carbocycles. The van der Waals surface area contributed by atoms with Gasteiger partial charge in [0.05, 0.1) is 0 Å². The molecule has 0 aliphatic heterocycles. The average Bonchev–Trinajstić information content (AvgIpc) is 2.80. The molecule has 0 heterocycles. The normalized spacial score (nSPS) is 15.0. The summed E-state index contributed by atoms with van der Waals surface area (Å²) in [5, 5.41) is 5.92. The van der Waals surface area contributed by atoms with Gasteiger partial charge in [0.15, 0.2) is 0 Å². The molecule has 0 bridgehead atoms. The highest BCUT2D eigenvalue weighted by Gasteiger charge is 2.42. The summed E-state index contributed by atoms with van der Waals surface area (Å²) in [6.07, 6.45) is 4.09. The Labute approximate surface area is 233 Å². The summed E-state index contributed by atoms with van der Waals surface area (Å²) in [6, 6.07) is 13.9. The van der Waals surface area contributed by atoms with Gasteiger partial charge in [0, 0.05) is 19.0 Å². The fourth-order valence-corrected chi connectivity index (χ4v) is 4.95. The van der Waals surface area contributed by atoms with Crippen LogP contribution in [0.25, 0.3) is 0 Å². The van der Waals surface area contributed by atoms with Crippen LogP contribution in [0.5, 0.6) is 0 Å². The first-order chi connectivity index (χ1) is 18.5. The van der Waals surface area contributed by atoms with Crippen LogP contribution in [0.4, 0.5) is 4.79 Å². The first kappa shape index (κ1) is 30.2. The topological polar surface area (TPSA) is 87.7 Å². The van der Waals surface area contributed by atoms with Gasteiger partial charge < -0.3 is 20.3 Å². The molecular weight excluding hydrogens is 490 g/mol. The van der Waals surface area contributed by atoms with E-state index in [4.69, 9.17) is 4.74 Å². The maximum Gasteiger partial charge on any atom is 0.408 e. The third kappa shape index (κ3) is 8.84. The van der Waals surface area contributed by atoms with E-state index in [1.165, 1.54) is 0 Å². The summed E-state index contributed by atoms with van der Waals surface area (Å²) in [6.45, 7) is 12.0. The molecule has 2 N–H and O–H groups in total. The molecule has 0 aromatic heterocycles. The number of benzene rings is 2. The monoisotopic (exact) mass is 535 g/mol. The van der Waals surface area contributed by atoms with E-state index in [1.807, 2.05) is 56.3 Å². The predicted octanol–water partition coefficient (Wildman–Crippen LogP) is 5.78. The van der Waals surface area contributed by atoms with Crippen molar-refractivity contribution in [3.8, 4) is 0 Å². The number of amides is 3. The predicted molar refractivity (Wildman–Crippen MR) is 154 cm³/mol. The molecule has 212 valence electrons. The zero-order chi connectivity index (χ0) is 28.6. The highest BCUT2D eigenvalue weighted by atomic mass is 16.6. The van der Waals surface area contributed by atoms with Gasteiger partial charge >= 0.3 is 6.09 Å². The maximum atomic E-state index is 14.5. The molecule has 2 aromatic rings. The van der Waals surface area contributed by atoms with Gasteiger partial charge in [-0.3, -0.25) is 9.59 Å². The fourth-order valence-electron chi connectivity index (χ4n) is 4.95. The van der Waals surface area contributed by atoms with Crippen molar-refractivity contribution in [1.82, 2.24) is 15.5 Å². The Hall–Kier alpha value is -3.35. The Balaban J connectivity index is 2.03. The number of hydrogen-bond acceptors (Lipinski definition) is 4. The smallest absolute Gasteiger partial charge is 0.408 e. The molecular formula is C32H45N3O4. The molecule has 0 spiro atoms. The van der Waals surface area contributed by atoms with Crippen LogP contribution in [-0.4, -0.2) is 47.0 Å². The van der Waals surface area contributed by atoms with Crippen molar-refractivity contribution >= 4 is 17.9 Å². The quantitative estimate of drug-likeness (QED) is 0.357. The van der Waals surface area contributed by atoms with Crippen molar-refractivity contribution in [2.24, 2.45) is 0 Å². The minimum atomic E-state index is -0.889. The van der Waals surface area contributed by atoms with Gasteiger partial charge in [-0.2, -0.15) is 0 Å². The van der Waals surface area contributed by atoms with E-state index in [2.05, 4.69) is 23.6 Å². The van der Waals surface area contributed by atoms with E-state index < -0.39 is 23.8 Å². The van der Waals surface area contributed by atoms with Gasteiger partial charge in [0.25, 0.3) is 0 Å². The molecule has 3 amide bonds. The van der Waals surface area contributed by atoms with Gasteiger partial charge in [-0.05, 0) is 71.4 Å². The van der Waals surface area contributed by atoms with Crippen molar-refractivity contribution in [2.75, 3.05) is 6.54 Å². The zero-order valence-electron chi connectivity index (χ0n) is 24.4. The lowest BCUT2D eigenvalue weighted by Gasteiger charge is -2.43. The minimum Gasteiger partial charge on any atom is -0.444 e. The molecule has 3 rings (SSSR count). The summed E-state index contributed by atoms with van der Waals surface area (Å²) in [5.41, 5.74) is 3.06. The molecule has 1 fully saturated rings. The van der Waals surface area contributed by atoms with Crippen LogP contribution in [0.3, 0.4) is 0 Å². The van der Waals surface area contributed by atoms with Crippen molar-refractivity contribution < 1.29 is 19.1 Å². The molecule has 7 nitrogen and oxygen atoms in total. The third-order valence-electron chi connectivity index (χ3n) is 6.91. The number of rotatable bonds is 11. The van der Waals surface area contributed by atoms with Crippen LogP contribution >= 0.6 is 0 Å². The second kappa shape index (κ2) is 13.6. The second-order valence-corrected chi connectivity index (χ2v) is 11.7. The lowest BCUT2D eigenvalue weighted by atomic mass is 9.87. The van der Waals surface area contributed by atoms with Crippen LogP contribution in [0, 0.1) is 13.8 Å². The lowest BCUT2D eigenvalue weighted by Crippen LogP contribution is -2.58. The summed E-state index contributed by atoms with van der Waals surface area (Å²) in [5.74, 6) is -0.464. The van der Waals surface area contributed by atoms with E-state index in [1.54, 1.807) is 25.7 Å². The highest BCUT2D eigenvalue weighted by molar-refractivity contribution is 5.92. The number of nitrogens with one attached hydrogen (secondary N) is 2. The van der Waals surface area contributed by atoms with Crippen LogP contribution < -0.4 is 10.6 Å². The van der Waals surface area contributed by atoms with Gasteiger partial charge in [-0.15, -0.1) is 0 Å². The Kier molecular flexibility index (Phi) is 10.6. The number of nitrogens with zero attached hydrogens (tertiary/aromatic N) is 1. The summed E-state index contributed by atoms with van der Waals surface area (Å²) in [4.78, 5) is 42.9. The van der Waals surface area contributed by atoms with Gasteiger partial charge in [-0.1, -0.05) is 73.0 Å². The molecule has 2 aromatic carbocycles. The van der Waals surface area contributed by atoms with E-state index >= 15 is 0 Å². The van der Waals surface area contributed by atoms with E-state index in [9.17, 15) is 14.4 Å². The number of hydrogen-bond donors (Lipinski definition) is 2. The van der Waals surface area contributed by atoms with E-state index in [-0.39, 0.29) is 17.9 Å². The Morgan fingerprint density at radius 3 is 2.21 bits per heavy atom. The number of alkyl carbamates (subject to hydrolysis) is 1. The largest absolute Gasteiger partial charge is 0.444 e. The molecule has 2 unspecified atom stereocenters. The van der Waals surface area contributed by atoms with Crippen LogP contribution in [0.1, 0.15) is 88.1 Å². The molecule has 0 radical (unpaired) electrons. The number of aryl methyl sites for hydroxylation is 2. The summed E-state index contributed by atoms with van der Waals surface area (Å²) in [7, 11) is 0. The zero-order valence-corrected chi connectivity index (χ0v) is 24.4. The number of unbranched alkanes of at least 4 members (excludes halogenated alkanes) is 1. The van der Waals surface area contributed by atoms with Crippen molar-refractivity contribution in [3.63, 3.8) is 0 Å². The van der Waals surface area contributed by atoms with Gasteiger partial charge in [0.1, 0.15) is 17.7 Å². The summed E-state index contributed by atoms with van der Waals surface area (Å²) >= 11 is 0. The Morgan fingerprint density at radius 2 is 1.67 bits per heavy atom. The fraction of sp³-hybridized carbons (Fsp3) is 0.531.